The topological polar surface area (TPSA) is 89.5 Å². The minimum atomic E-state index is -1.29. The van der Waals surface area contributed by atoms with Gasteiger partial charge in [-0.15, -0.1) is 0 Å². The lowest BCUT2D eigenvalue weighted by atomic mass is 9.99. The van der Waals surface area contributed by atoms with Crippen LogP contribution in [0.4, 0.5) is 4.79 Å². The Labute approximate surface area is 181 Å². The maximum atomic E-state index is 13.7. The van der Waals surface area contributed by atoms with Crippen molar-refractivity contribution in [2.45, 2.75) is 64.1 Å². The fraction of sp³-hybridized carbons (Fsp3) is 0.545. The van der Waals surface area contributed by atoms with Crippen LogP contribution in [-0.2, 0) is 25.5 Å². The molecule has 162 valence electrons. The van der Waals surface area contributed by atoms with E-state index in [9.17, 15) is 19.2 Å². The van der Waals surface area contributed by atoms with E-state index in [1.165, 1.54) is 6.92 Å². The van der Waals surface area contributed by atoms with Gasteiger partial charge in [0, 0.05) is 26.2 Å². The van der Waals surface area contributed by atoms with E-state index < -0.39 is 34.5 Å². The number of urea groups is 1. The molecule has 8 heteroatoms. The van der Waals surface area contributed by atoms with Gasteiger partial charge in [0.05, 0.1) is 12.4 Å². The Morgan fingerprint density at radius 1 is 1.20 bits per heavy atom. The number of ether oxygens (including phenoxy) is 1. The van der Waals surface area contributed by atoms with Crippen LogP contribution in [0.2, 0.25) is 0 Å². The molecular weight excluding hydrogens is 404 g/mol. The van der Waals surface area contributed by atoms with Gasteiger partial charge in [0.15, 0.2) is 5.12 Å². The predicted octanol–water partition coefficient (Wildman–Crippen LogP) is 2.82. The first-order chi connectivity index (χ1) is 14.4. The average molecular weight is 434 g/mol. The third-order valence-corrected chi connectivity index (χ3v) is 6.97. The maximum absolute atomic E-state index is 13.7. The van der Waals surface area contributed by atoms with Crippen molar-refractivity contribution in [3.05, 3.63) is 35.9 Å². The van der Waals surface area contributed by atoms with Gasteiger partial charge in [0.2, 0.25) is 6.04 Å². The molecular formula is C22H29N2O5S+. The van der Waals surface area contributed by atoms with Crippen molar-refractivity contribution in [1.29, 1.82) is 0 Å². The molecule has 1 N–H and O–H groups in total. The molecule has 1 aliphatic heterocycles. The van der Waals surface area contributed by atoms with E-state index in [0.717, 1.165) is 43.0 Å². The van der Waals surface area contributed by atoms with Crippen molar-refractivity contribution in [3.8, 4) is 0 Å². The first-order valence-electron chi connectivity index (χ1n) is 10.5. The molecule has 3 unspecified atom stereocenters. The summed E-state index contributed by atoms with van der Waals surface area (Å²) in [5.41, 5.74) is 0.988. The van der Waals surface area contributed by atoms with Gasteiger partial charge < -0.3 is 4.74 Å². The Hall–Kier alpha value is -2.19. The Kier molecular flexibility index (Phi) is 7.31. The van der Waals surface area contributed by atoms with E-state index in [1.54, 1.807) is 6.92 Å². The fourth-order valence-electron chi connectivity index (χ4n) is 4.71. The quantitative estimate of drug-likeness (QED) is 0.293. The number of benzene rings is 1. The number of nitrogens with zero attached hydrogens (tertiary/aromatic N) is 1. The second kappa shape index (κ2) is 9.75. The monoisotopic (exact) mass is 433 g/mol. The zero-order chi connectivity index (χ0) is 21.7. The first-order valence-corrected chi connectivity index (χ1v) is 11.5. The number of quaternary nitrogens is 1. The summed E-state index contributed by atoms with van der Waals surface area (Å²) < 4.78 is 4.63. The summed E-state index contributed by atoms with van der Waals surface area (Å²) in [4.78, 5) is 51.3. The minimum absolute atomic E-state index is 0.0633. The van der Waals surface area contributed by atoms with Gasteiger partial charge in [0.1, 0.15) is 12.1 Å². The molecule has 1 aliphatic carbocycles. The van der Waals surface area contributed by atoms with E-state index in [1.807, 2.05) is 30.3 Å². The van der Waals surface area contributed by atoms with E-state index in [0.29, 0.717) is 12.2 Å². The van der Waals surface area contributed by atoms with Crippen molar-refractivity contribution in [2.24, 2.45) is 0 Å². The van der Waals surface area contributed by atoms with Crippen LogP contribution in [-0.4, -0.2) is 58.0 Å². The summed E-state index contributed by atoms with van der Waals surface area (Å²) in [6, 6.07) is 7.27. The number of hydrogen-bond acceptors (Lipinski definition) is 6. The molecule has 1 saturated carbocycles. The Morgan fingerprint density at radius 3 is 2.47 bits per heavy atom. The Bertz CT molecular complexity index is 809. The predicted molar refractivity (Wildman–Crippen MR) is 114 cm³/mol. The lowest BCUT2D eigenvalue weighted by molar-refractivity contribution is -0.818. The van der Waals surface area contributed by atoms with Gasteiger partial charge in [-0.05, 0) is 25.3 Å². The van der Waals surface area contributed by atoms with Gasteiger partial charge >= 0.3 is 17.9 Å². The molecule has 0 aromatic heterocycles. The summed E-state index contributed by atoms with van der Waals surface area (Å²) in [5, 5.41) is 2.56. The lowest BCUT2D eigenvalue weighted by Crippen LogP contribution is -2.66. The number of thioether (sulfide) groups is 1. The van der Waals surface area contributed by atoms with Gasteiger partial charge in [-0.3, -0.25) is 10.1 Å². The lowest BCUT2D eigenvalue weighted by Gasteiger charge is -2.40. The van der Waals surface area contributed by atoms with E-state index in [4.69, 9.17) is 4.74 Å². The molecule has 2 fully saturated rings. The zero-order valence-electron chi connectivity index (χ0n) is 17.5. The van der Waals surface area contributed by atoms with Crippen LogP contribution < -0.4 is 5.32 Å². The number of imide groups is 1. The molecule has 30 heavy (non-hydrogen) atoms. The summed E-state index contributed by atoms with van der Waals surface area (Å²) >= 11 is 1.12. The molecule has 1 aromatic rings. The van der Waals surface area contributed by atoms with Crippen molar-refractivity contribution in [1.82, 2.24) is 5.32 Å². The number of carbonyl (C=O) groups excluding carboxylic acids is 4. The van der Waals surface area contributed by atoms with E-state index in [2.05, 4.69) is 5.32 Å². The summed E-state index contributed by atoms with van der Waals surface area (Å²) in [5.74, 6) is -0.836. The van der Waals surface area contributed by atoms with Crippen LogP contribution in [0.3, 0.4) is 0 Å². The normalized spacial score (nSPS) is 25.2. The number of esters is 1. The van der Waals surface area contributed by atoms with E-state index >= 15 is 0 Å². The second-order valence-corrected chi connectivity index (χ2v) is 9.03. The molecule has 1 aromatic carbocycles. The van der Waals surface area contributed by atoms with Crippen LogP contribution in [0.15, 0.2) is 30.3 Å². The number of carbonyl (C=O) groups is 4. The molecule has 0 bridgehead atoms. The number of hydrogen-bond donors (Lipinski definition) is 1. The van der Waals surface area contributed by atoms with Crippen molar-refractivity contribution in [2.75, 3.05) is 12.4 Å². The molecule has 2 aliphatic rings. The molecule has 0 spiro atoms. The van der Waals surface area contributed by atoms with Crippen LogP contribution in [0.5, 0.6) is 0 Å². The van der Waals surface area contributed by atoms with Crippen LogP contribution in [0, 0.1) is 0 Å². The molecule has 1 heterocycles. The van der Waals surface area contributed by atoms with Crippen molar-refractivity contribution >= 4 is 34.8 Å². The van der Waals surface area contributed by atoms with Crippen LogP contribution >= 0.6 is 11.8 Å². The molecule has 0 radical (unpaired) electrons. The largest absolute Gasteiger partial charge is 0.464 e. The molecule has 3 amide bonds. The number of nitrogens with one attached hydrogen (secondary N) is 1. The zero-order valence-corrected chi connectivity index (χ0v) is 18.3. The smallest absolute Gasteiger partial charge is 0.425 e. The van der Waals surface area contributed by atoms with Gasteiger partial charge in [-0.2, -0.15) is 4.48 Å². The summed E-state index contributed by atoms with van der Waals surface area (Å²) in [6.07, 6.45) is 3.82. The van der Waals surface area contributed by atoms with Crippen molar-refractivity contribution in [3.63, 3.8) is 0 Å². The van der Waals surface area contributed by atoms with E-state index in [-0.39, 0.29) is 17.8 Å². The highest BCUT2D eigenvalue weighted by atomic mass is 32.2. The Morgan fingerprint density at radius 2 is 1.87 bits per heavy atom. The Balaban J connectivity index is 2.04. The first kappa shape index (κ1) is 22.5. The highest BCUT2D eigenvalue weighted by Gasteiger charge is 2.66. The molecule has 3 rings (SSSR count). The number of amides is 3. The third-order valence-electron chi connectivity index (χ3n) is 6.01. The van der Waals surface area contributed by atoms with Gasteiger partial charge in [-0.25, -0.2) is 14.4 Å². The highest BCUT2D eigenvalue weighted by molar-refractivity contribution is 8.13. The SMILES string of the molecule is CCOC(=O)C1NC(=O)[N+](C2CCCC2)(C(CSC(C)=O)Cc2ccccc2)C1=O. The second-order valence-electron chi connectivity index (χ2n) is 7.83. The van der Waals surface area contributed by atoms with Gasteiger partial charge in [0.25, 0.3) is 0 Å². The summed E-state index contributed by atoms with van der Waals surface area (Å²) in [7, 11) is 0. The molecule has 1 saturated heterocycles. The maximum Gasteiger partial charge on any atom is 0.425 e. The standard InChI is InChI=1S/C22H28N2O5S/c1-3-29-21(27)19-20(26)24(22(28)23-19,17-11-7-8-12-17)18(14-30-15(2)25)13-16-9-5-4-6-10-16/h4-6,9-10,17-19H,3,7-8,11-14H2,1-2H3/p+1. The van der Waals surface area contributed by atoms with Crippen LogP contribution in [0.25, 0.3) is 0 Å². The number of rotatable bonds is 8. The van der Waals surface area contributed by atoms with Crippen molar-refractivity contribution < 1.29 is 28.4 Å². The third kappa shape index (κ3) is 4.30. The average Bonchev–Trinajstić information content (AvgIpc) is 3.34. The van der Waals surface area contributed by atoms with Gasteiger partial charge in [-0.1, -0.05) is 42.1 Å². The highest BCUT2D eigenvalue weighted by Crippen LogP contribution is 2.38. The molecule has 7 nitrogen and oxygen atoms in total. The summed E-state index contributed by atoms with van der Waals surface area (Å²) in [6.45, 7) is 3.28. The minimum Gasteiger partial charge on any atom is -0.464 e. The van der Waals surface area contributed by atoms with Crippen LogP contribution in [0.1, 0.15) is 45.1 Å². The fourth-order valence-corrected chi connectivity index (χ4v) is 5.49. The molecule has 3 atom stereocenters.